The molecule has 0 aliphatic heterocycles. The van der Waals surface area contributed by atoms with Gasteiger partial charge in [0.1, 0.15) is 6.07 Å². The Kier molecular flexibility index (Phi) is 5.32. The van der Waals surface area contributed by atoms with Crippen LogP contribution in [-0.2, 0) is 4.79 Å². The monoisotopic (exact) mass is 310 g/mol. The van der Waals surface area contributed by atoms with Crippen LogP contribution < -0.4 is 10.2 Å². The molecule has 1 rings (SSSR count). The molecule has 1 amide bonds. The zero-order valence-electron chi connectivity index (χ0n) is 10.7. The average Bonchev–Trinajstić information content (AvgIpc) is 2.31. The number of carbonyl (C=O) groups excluding carboxylic acids is 1. The summed E-state index contributed by atoms with van der Waals surface area (Å²) in [5.74, 6) is -0.0833. The van der Waals surface area contributed by atoms with E-state index in [2.05, 4.69) is 27.3 Å². The Morgan fingerprint density at radius 3 is 2.83 bits per heavy atom. The van der Waals surface area contributed by atoms with Gasteiger partial charge in [0.25, 0.3) is 5.91 Å². The fourth-order valence-electron chi connectivity index (χ4n) is 1.48. The number of quaternary nitrogens is 1. The Balaban J connectivity index is 2.63. The lowest BCUT2D eigenvalue weighted by Crippen LogP contribution is -3.13. The highest BCUT2D eigenvalue weighted by Crippen LogP contribution is 2.19. The summed E-state index contributed by atoms with van der Waals surface area (Å²) < 4.78 is 0.985. The third-order valence-corrected chi connectivity index (χ3v) is 3.33. The lowest BCUT2D eigenvalue weighted by atomic mass is 10.2. The number of likely N-dealkylation sites (N-methyl/N-ethyl adjacent to an activating group) is 1. The molecule has 0 heterocycles. The first-order valence-electron chi connectivity index (χ1n) is 5.72. The van der Waals surface area contributed by atoms with Gasteiger partial charge in [-0.1, -0.05) is 15.9 Å². The number of benzene rings is 1. The molecule has 18 heavy (non-hydrogen) atoms. The number of nitrogens with one attached hydrogen (secondary N) is 2. The number of nitriles is 1. The summed E-state index contributed by atoms with van der Waals surface area (Å²) in [5, 5.41) is 11.6. The largest absolute Gasteiger partial charge is 0.321 e. The first-order chi connectivity index (χ1) is 8.43. The van der Waals surface area contributed by atoms with Crippen molar-refractivity contribution in [3.63, 3.8) is 0 Å². The van der Waals surface area contributed by atoms with Gasteiger partial charge < -0.3 is 10.2 Å². The molecule has 0 aromatic heterocycles. The quantitative estimate of drug-likeness (QED) is 0.875. The maximum Gasteiger partial charge on any atom is 0.279 e. The molecule has 2 N–H and O–H groups in total. The second-order valence-electron chi connectivity index (χ2n) is 4.38. The lowest BCUT2D eigenvalue weighted by Gasteiger charge is -2.16. The highest BCUT2D eigenvalue weighted by atomic mass is 79.9. The number of aryl methyl sites for hydroxylation is 1. The van der Waals surface area contributed by atoms with Crippen LogP contribution in [0.25, 0.3) is 0 Å². The van der Waals surface area contributed by atoms with Crippen LogP contribution in [0, 0.1) is 18.3 Å². The van der Waals surface area contributed by atoms with Crippen LogP contribution in [0.15, 0.2) is 22.7 Å². The van der Waals surface area contributed by atoms with Crippen LogP contribution >= 0.6 is 15.9 Å². The summed E-state index contributed by atoms with van der Waals surface area (Å²) in [6, 6.07) is 7.63. The summed E-state index contributed by atoms with van der Waals surface area (Å²) in [5.41, 5.74) is 1.81. The normalized spacial score (nSPS) is 13.5. The van der Waals surface area contributed by atoms with E-state index in [1.807, 2.05) is 32.2 Å². The van der Waals surface area contributed by atoms with Crippen LogP contribution in [0.5, 0.6) is 0 Å². The second-order valence-corrected chi connectivity index (χ2v) is 5.30. The molecule has 0 saturated heterocycles. The number of amides is 1. The first kappa shape index (κ1) is 14.7. The molecule has 0 radical (unpaired) electrons. The van der Waals surface area contributed by atoms with Crippen LogP contribution in [0.3, 0.4) is 0 Å². The van der Waals surface area contributed by atoms with Crippen molar-refractivity contribution >= 4 is 27.5 Å². The van der Waals surface area contributed by atoms with Gasteiger partial charge in [0, 0.05) is 17.1 Å². The number of hydrogen-bond acceptors (Lipinski definition) is 2. The summed E-state index contributed by atoms with van der Waals surface area (Å²) in [7, 11) is 1.84. The number of halogens is 1. The molecule has 96 valence electrons. The van der Waals surface area contributed by atoms with E-state index in [0.29, 0.717) is 0 Å². The Morgan fingerprint density at radius 1 is 1.61 bits per heavy atom. The molecule has 0 bridgehead atoms. The van der Waals surface area contributed by atoms with Gasteiger partial charge in [-0.25, -0.2) is 0 Å². The molecule has 0 fully saturated rings. The van der Waals surface area contributed by atoms with E-state index in [1.165, 1.54) is 0 Å². The Morgan fingerprint density at radius 2 is 2.28 bits per heavy atom. The molecule has 2 atom stereocenters. The van der Waals surface area contributed by atoms with Gasteiger partial charge in [-0.05, 0) is 30.7 Å². The van der Waals surface area contributed by atoms with Crippen molar-refractivity contribution in [3.05, 3.63) is 28.2 Å². The fourth-order valence-corrected chi connectivity index (χ4v) is 1.95. The zero-order valence-corrected chi connectivity index (χ0v) is 12.3. The van der Waals surface area contributed by atoms with E-state index >= 15 is 0 Å². The van der Waals surface area contributed by atoms with Gasteiger partial charge >= 0.3 is 0 Å². The SMILES string of the molecule is Cc1cc(Br)ccc1NC(=O)C[NH+](C)[C@H](C)C#N. The van der Waals surface area contributed by atoms with E-state index in [9.17, 15) is 4.79 Å². The van der Waals surface area contributed by atoms with Crippen molar-refractivity contribution in [1.29, 1.82) is 5.26 Å². The minimum Gasteiger partial charge on any atom is -0.321 e. The molecular weight excluding hydrogens is 294 g/mol. The van der Waals surface area contributed by atoms with Crippen LogP contribution in [0.1, 0.15) is 12.5 Å². The second kappa shape index (κ2) is 6.53. The molecule has 5 heteroatoms. The Hall–Kier alpha value is -1.38. The molecule has 1 aromatic carbocycles. The first-order valence-corrected chi connectivity index (χ1v) is 6.51. The van der Waals surface area contributed by atoms with Gasteiger partial charge in [-0.3, -0.25) is 4.79 Å². The molecule has 0 spiro atoms. The number of rotatable bonds is 4. The number of anilines is 1. The molecule has 4 nitrogen and oxygen atoms in total. The zero-order chi connectivity index (χ0) is 13.7. The average molecular weight is 311 g/mol. The molecule has 1 unspecified atom stereocenters. The predicted octanol–water partition coefficient (Wildman–Crippen LogP) is 1.12. The third kappa shape index (κ3) is 4.13. The van der Waals surface area contributed by atoms with E-state index in [4.69, 9.17) is 5.26 Å². The van der Waals surface area contributed by atoms with Crippen molar-refractivity contribution in [2.75, 3.05) is 18.9 Å². The molecular formula is C13H17BrN3O+. The topological polar surface area (TPSA) is 57.3 Å². The maximum absolute atomic E-state index is 11.8. The van der Waals surface area contributed by atoms with E-state index in [0.717, 1.165) is 20.6 Å². The summed E-state index contributed by atoms with van der Waals surface area (Å²) in [6.07, 6.45) is 0. The number of hydrogen-bond donors (Lipinski definition) is 2. The van der Waals surface area contributed by atoms with Gasteiger partial charge in [-0.2, -0.15) is 5.26 Å². The molecule has 0 aliphatic rings. The summed E-state index contributed by atoms with van der Waals surface area (Å²) in [6.45, 7) is 4.02. The van der Waals surface area contributed by atoms with Crippen molar-refractivity contribution in [3.8, 4) is 6.07 Å². The van der Waals surface area contributed by atoms with Crippen molar-refractivity contribution in [2.24, 2.45) is 0 Å². The minimum atomic E-state index is -0.193. The predicted molar refractivity (Wildman–Crippen MR) is 74.3 cm³/mol. The van der Waals surface area contributed by atoms with Gasteiger partial charge in [0.05, 0.1) is 7.05 Å². The standard InChI is InChI=1S/C13H16BrN3O/c1-9-6-11(14)4-5-12(9)16-13(18)8-17(3)10(2)7-15/h4-6,10H,8H2,1-3H3,(H,16,18)/p+1/t10-/m1/s1. The van der Waals surface area contributed by atoms with Gasteiger partial charge in [-0.15, -0.1) is 0 Å². The lowest BCUT2D eigenvalue weighted by molar-refractivity contribution is -0.886. The van der Waals surface area contributed by atoms with Crippen LogP contribution in [0.4, 0.5) is 5.69 Å². The van der Waals surface area contributed by atoms with Gasteiger partial charge in [0.2, 0.25) is 0 Å². The third-order valence-electron chi connectivity index (χ3n) is 2.83. The Bertz CT molecular complexity index is 482. The fraction of sp³-hybridized carbons (Fsp3) is 0.385. The molecule has 1 aromatic rings. The number of carbonyl (C=O) groups is 1. The van der Waals surface area contributed by atoms with Crippen molar-refractivity contribution in [1.82, 2.24) is 0 Å². The van der Waals surface area contributed by atoms with Crippen molar-refractivity contribution < 1.29 is 9.69 Å². The number of nitrogens with zero attached hydrogens (tertiary/aromatic N) is 1. The van der Waals surface area contributed by atoms with Gasteiger partial charge in [0.15, 0.2) is 12.6 Å². The Labute approximate surface area is 116 Å². The van der Waals surface area contributed by atoms with E-state index in [-0.39, 0.29) is 18.5 Å². The molecule has 0 saturated carbocycles. The van der Waals surface area contributed by atoms with Crippen LogP contribution in [-0.4, -0.2) is 25.5 Å². The summed E-state index contributed by atoms with van der Waals surface area (Å²) in [4.78, 5) is 12.7. The van der Waals surface area contributed by atoms with E-state index < -0.39 is 0 Å². The highest BCUT2D eigenvalue weighted by molar-refractivity contribution is 9.10. The maximum atomic E-state index is 11.8. The highest BCUT2D eigenvalue weighted by Gasteiger charge is 2.16. The smallest absolute Gasteiger partial charge is 0.279 e. The summed E-state index contributed by atoms with van der Waals surface area (Å²) >= 11 is 3.38. The minimum absolute atomic E-state index is 0.0833. The van der Waals surface area contributed by atoms with Crippen LogP contribution in [0.2, 0.25) is 0 Å². The van der Waals surface area contributed by atoms with E-state index in [1.54, 1.807) is 6.92 Å². The molecule has 0 aliphatic carbocycles. The van der Waals surface area contributed by atoms with Crippen molar-refractivity contribution in [2.45, 2.75) is 19.9 Å².